The number of amides is 2. The molecular weight excluding hydrogens is 462 g/mol. The first-order valence-corrected chi connectivity index (χ1v) is 12.0. The molecule has 2 amide bonds. The number of carbonyl (C=O) groups is 3. The molecule has 0 aliphatic rings. The predicted molar refractivity (Wildman–Crippen MR) is 137 cm³/mol. The first kappa shape index (κ1) is 24.1. The number of anilines is 1. The lowest BCUT2D eigenvalue weighted by Gasteiger charge is -2.15. The van der Waals surface area contributed by atoms with Crippen molar-refractivity contribution in [3.63, 3.8) is 0 Å². The van der Waals surface area contributed by atoms with Crippen molar-refractivity contribution in [3.05, 3.63) is 94.3 Å². The fourth-order valence-corrected chi connectivity index (χ4v) is 4.83. The topological polar surface area (TPSA) is 89.8 Å². The number of benzene rings is 3. The number of rotatable bonds is 6. The summed E-state index contributed by atoms with van der Waals surface area (Å²) in [5.41, 5.74) is 3.33. The van der Waals surface area contributed by atoms with E-state index in [1.54, 1.807) is 34.9 Å². The maximum atomic E-state index is 12.9. The van der Waals surface area contributed by atoms with Crippen LogP contribution >= 0.6 is 11.3 Å². The molecule has 1 heterocycles. The van der Waals surface area contributed by atoms with E-state index in [4.69, 9.17) is 4.74 Å². The molecule has 0 radical (unpaired) electrons. The SMILES string of the molecule is CCC(C(=O)OC)n1c(=NC(=O)c2ccc(C)cc2)sc2cc(C(=O)Nc3ccccc3)ccc21. The van der Waals surface area contributed by atoms with Crippen LogP contribution in [0, 0.1) is 6.92 Å². The molecule has 35 heavy (non-hydrogen) atoms. The third-order valence-electron chi connectivity index (χ3n) is 5.59. The van der Waals surface area contributed by atoms with E-state index in [2.05, 4.69) is 10.3 Å². The molecule has 0 bridgehead atoms. The Morgan fingerprint density at radius 3 is 2.34 bits per heavy atom. The van der Waals surface area contributed by atoms with Gasteiger partial charge in [-0.2, -0.15) is 4.99 Å². The van der Waals surface area contributed by atoms with Gasteiger partial charge in [-0.1, -0.05) is 54.2 Å². The number of para-hydroxylation sites is 1. The fourth-order valence-electron chi connectivity index (χ4n) is 3.73. The van der Waals surface area contributed by atoms with Crippen LogP contribution in [0.5, 0.6) is 0 Å². The van der Waals surface area contributed by atoms with Crippen molar-refractivity contribution in [2.45, 2.75) is 26.3 Å². The monoisotopic (exact) mass is 487 g/mol. The van der Waals surface area contributed by atoms with Crippen molar-refractivity contribution in [2.75, 3.05) is 12.4 Å². The molecular formula is C27H25N3O4S. The molecule has 3 aromatic carbocycles. The number of nitrogens with one attached hydrogen (secondary N) is 1. The van der Waals surface area contributed by atoms with Crippen LogP contribution in [0.3, 0.4) is 0 Å². The summed E-state index contributed by atoms with van der Waals surface area (Å²) in [7, 11) is 1.33. The predicted octanol–water partition coefficient (Wildman–Crippen LogP) is 5.13. The van der Waals surface area contributed by atoms with Crippen LogP contribution in [0.2, 0.25) is 0 Å². The Morgan fingerprint density at radius 2 is 1.69 bits per heavy atom. The molecule has 7 nitrogen and oxygen atoms in total. The molecule has 4 rings (SSSR count). The van der Waals surface area contributed by atoms with Crippen molar-refractivity contribution >= 4 is 45.0 Å². The van der Waals surface area contributed by atoms with Gasteiger partial charge < -0.3 is 14.6 Å². The highest BCUT2D eigenvalue weighted by atomic mass is 32.1. The van der Waals surface area contributed by atoms with Crippen molar-refractivity contribution in [3.8, 4) is 0 Å². The number of fused-ring (bicyclic) bond motifs is 1. The number of hydrogen-bond acceptors (Lipinski definition) is 5. The van der Waals surface area contributed by atoms with Gasteiger partial charge in [0.2, 0.25) is 0 Å². The number of methoxy groups -OCH3 is 1. The summed E-state index contributed by atoms with van der Waals surface area (Å²) in [5, 5.41) is 2.87. The Morgan fingerprint density at radius 1 is 1.00 bits per heavy atom. The number of thiazole rings is 1. The van der Waals surface area contributed by atoms with Crippen LogP contribution < -0.4 is 10.1 Å². The molecule has 0 saturated heterocycles. The fraction of sp³-hybridized carbons (Fsp3) is 0.185. The maximum absolute atomic E-state index is 12.9. The highest BCUT2D eigenvalue weighted by Gasteiger charge is 2.24. The van der Waals surface area contributed by atoms with Crippen LogP contribution in [0.15, 0.2) is 77.8 Å². The van der Waals surface area contributed by atoms with Crippen LogP contribution in [-0.4, -0.2) is 29.5 Å². The van der Waals surface area contributed by atoms with E-state index in [-0.39, 0.29) is 5.91 Å². The third kappa shape index (κ3) is 5.22. The average molecular weight is 488 g/mol. The second-order valence-electron chi connectivity index (χ2n) is 7.99. The van der Waals surface area contributed by atoms with Crippen molar-refractivity contribution in [1.29, 1.82) is 0 Å². The summed E-state index contributed by atoms with van der Waals surface area (Å²) in [4.78, 5) is 43.1. The molecule has 178 valence electrons. The Bertz CT molecular complexity index is 1450. The van der Waals surface area contributed by atoms with Crippen LogP contribution in [-0.2, 0) is 9.53 Å². The van der Waals surface area contributed by atoms with E-state index in [0.717, 1.165) is 10.3 Å². The van der Waals surface area contributed by atoms with Crippen LogP contribution in [0.25, 0.3) is 10.2 Å². The lowest BCUT2D eigenvalue weighted by Crippen LogP contribution is -2.28. The largest absolute Gasteiger partial charge is 0.467 e. The van der Waals surface area contributed by atoms with Gasteiger partial charge in [-0.3, -0.25) is 9.59 Å². The molecule has 0 aliphatic carbocycles. The van der Waals surface area contributed by atoms with Crippen LogP contribution in [0.4, 0.5) is 5.69 Å². The van der Waals surface area contributed by atoms with E-state index in [0.29, 0.717) is 33.6 Å². The molecule has 1 unspecified atom stereocenters. The average Bonchev–Trinajstić information content (AvgIpc) is 3.22. The zero-order valence-electron chi connectivity index (χ0n) is 19.6. The van der Waals surface area contributed by atoms with E-state index in [1.807, 2.05) is 56.3 Å². The molecule has 0 fully saturated rings. The lowest BCUT2D eigenvalue weighted by atomic mass is 10.1. The van der Waals surface area contributed by atoms with Crippen LogP contribution in [0.1, 0.15) is 45.7 Å². The number of aromatic nitrogens is 1. The molecule has 0 aliphatic heterocycles. The van der Waals surface area contributed by atoms with E-state index < -0.39 is 17.9 Å². The number of esters is 1. The minimum absolute atomic E-state index is 0.257. The standard InChI is InChI=1S/C27H25N3O4S/c1-4-21(26(33)34-3)30-22-15-14-19(25(32)28-20-8-6-5-7-9-20)16-23(22)35-27(30)29-24(31)18-12-10-17(2)11-13-18/h5-16,21H,4H2,1-3H3,(H,28,32). The van der Waals surface area contributed by atoms with Gasteiger partial charge in [-0.15, -0.1) is 0 Å². The molecule has 8 heteroatoms. The number of nitrogens with zero attached hydrogens (tertiary/aromatic N) is 2. The molecule has 1 aromatic heterocycles. The zero-order valence-corrected chi connectivity index (χ0v) is 20.5. The second-order valence-corrected chi connectivity index (χ2v) is 9.00. The molecule has 1 N–H and O–H groups in total. The molecule has 4 aromatic rings. The highest BCUT2D eigenvalue weighted by molar-refractivity contribution is 7.16. The lowest BCUT2D eigenvalue weighted by molar-refractivity contribution is -0.144. The van der Waals surface area contributed by atoms with Gasteiger partial charge >= 0.3 is 5.97 Å². The van der Waals surface area contributed by atoms with Crippen molar-refractivity contribution in [1.82, 2.24) is 4.57 Å². The van der Waals surface area contributed by atoms with Gasteiger partial charge in [-0.25, -0.2) is 4.79 Å². The van der Waals surface area contributed by atoms with E-state index in [9.17, 15) is 14.4 Å². The number of aryl methyl sites for hydroxylation is 1. The van der Waals surface area contributed by atoms with Crippen molar-refractivity contribution in [2.24, 2.45) is 4.99 Å². The molecule has 0 saturated carbocycles. The minimum Gasteiger partial charge on any atom is -0.467 e. The normalized spacial score (nSPS) is 12.4. The summed E-state index contributed by atoms with van der Waals surface area (Å²) in [5.74, 6) is -1.10. The first-order chi connectivity index (χ1) is 16.9. The van der Waals surface area contributed by atoms with E-state index >= 15 is 0 Å². The van der Waals surface area contributed by atoms with Gasteiger partial charge in [0, 0.05) is 16.8 Å². The smallest absolute Gasteiger partial charge is 0.328 e. The first-order valence-electron chi connectivity index (χ1n) is 11.2. The minimum atomic E-state index is -0.665. The summed E-state index contributed by atoms with van der Waals surface area (Å²) in [6.07, 6.45) is 0.445. The number of carbonyl (C=O) groups excluding carboxylic acids is 3. The maximum Gasteiger partial charge on any atom is 0.328 e. The van der Waals surface area contributed by atoms with Gasteiger partial charge in [0.25, 0.3) is 11.8 Å². The summed E-state index contributed by atoms with van der Waals surface area (Å²) in [6, 6.07) is 20.9. The Kier molecular flexibility index (Phi) is 7.22. The Balaban J connectivity index is 1.81. The van der Waals surface area contributed by atoms with Gasteiger partial charge in [0.05, 0.1) is 17.3 Å². The van der Waals surface area contributed by atoms with E-state index in [1.165, 1.54) is 18.4 Å². The van der Waals surface area contributed by atoms with Gasteiger partial charge in [0.1, 0.15) is 6.04 Å². The van der Waals surface area contributed by atoms with Gasteiger partial charge in [-0.05, 0) is 55.8 Å². The molecule has 0 spiro atoms. The zero-order chi connectivity index (χ0) is 24.9. The number of ether oxygens (including phenoxy) is 1. The highest BCUT2D eigenvalue weighted by Crippen LogP contribution is 2.25. The second kappa shape index (κ2) is 10.5. The Hall–Kier alpha value is -4.04. The van der Waals surface area contributed by atoms with Gasteiger partial charge in [0.15, 0.2) is 4.80 Å². The number of hydrogen-bond donors (Lipinski definition) is 1. The van der Waals surface area contributed by atoms with Crippen molar-refractivity contribution < 1.29 is 19.1 Å². The summed E-state index contributed by atoms with van der Waals surface area (Å²) < 4.78 is 7.46. The Labute approximate surface area is 206 Å². The summed E-state index contributed by atoms with van der Waals surface area (Å²) >= 11 is 1.25. The molecule has 1 atom stereocenters. The third-order valence-corrected chi connectivity index (χ3v) is 6.61. The quantitative estimate of drug-likeness (QED) is 0.382. The summed E-state index contributed by atoms with van der Waals surface area (Å²) in [6.45, 7) is 3.81.